The van der Waals surface area contributed by atoms with Gasteiger partial charge < -0.3 is 23.9 Å². The smallest absolute Gasteiger partial charge is 0.546 e. The summed E-state index contributed by atoms with van der Waals surface area (Å²) in [5.74, 6) is -0.863. The molecule has 0 unspecified atom stereocenters. The molecule has 0 saturated heterocycles. The fourth-order valence-corrected chi connectivity index (χ4v) is 5.62. The van der Waals surface area contributed by atoms with E-state index >= 15 is 0 Å². The van der Waals surface area contributed by atoms with E-state index in [2.05, 4.69) is 9.89 Å². The van der Waals surface area contributed by atoms with Crippen molar-refractivity contribution >= 4 is 39.4 Å². The van der Waals surface area contributed by atoms with Gasteiger partial charge in [0.05, 0.1) is 16.9 Å². The third-order valence-electron chi connectivity index (χ3n) is 7.30. The number of benzene rings is 3. The van der Waals surface area contributed by atoms with Crippen LogP contribution < -0.4 is 14.6 Å². The lowest BCUT2D eigenvalue weighted by atomic mass is 9.86. The zero-order valence-electron chi connectivity index (χ0n) is 21.2. The van der Waals surface area contributed by atoms with Crippen molar-refractivity contribution in [1.82, 2.24) is 9.72 Å². The molecule has 206 valence electrons. The summed E-state index contributed by atoms with van der Waals surface area (Å²) in [5.41, 5.74) is 2.95. The van der Waals surface area contributed by atoms with Gasteiger partial charge in [0.2, 0.25) is 0 Å². The summed E-state index contributed by atoms with van der Waals surface area (Å²) in [6, 6.07) is 16.4. The van der Waals surface area contributed by atoms with Gasteiger partial charge in [-0.3, -0.25) is 4.57 Å². The number of aromatic nitrogens is 2. The first-order valence-electron chi connectivity index (χ1n) is 12.4. The summed E-state index contributed by atoms with van der Waals surface area (Å²) in [5, 5.41) is 17.2. The van der Waals surface area contributed by atoms with Crippen molar-refractivity contribution in [3.8, 4) is 17.3 Å². The molecule has 3 aromatic carbocycles. The summed E-state index contributed by atoms with van der Waals surface area (Å²) in [6.07, 6.45) is -4.59. The molecule has 1 fully saturated rings. The third-order valence-corrected chi connectivity index (χ3v) is 7.53. The molecular formula is C29H21ClF3N2O5-. The van der Waals surface area contributed by atoms with Gasteiger partial charge in [0, 0.05) is 27.6 Å². The number of nitrogens with zero attached hydrogens (tertiary/aromatic N) is 2. The van der Waals surface area contributed by atoms with Crippen LogP contribution in [-0.4, -0.2) is 28.2 Å². The van der Waals surface area contributed by atoms with E-state index in [9.17, 15) is 23.1 Å². The number of hydrogen-bond acceptors (Lipinski definition) is 6. The van der Waals surface area contributed by atoms with Gasteiger partial charge in [-0.25, -0.2) is 0 Å². The van der Waals surface area contributed by atoms with Crippen LogP contribution in [-0.2, 0) is 10.2 Å². The molecule has 0 aliphatic heterocycles. The zero-order chi connectivity index (χ0) is 28.4. The second-order valence-electron chi connectivity index (χ2n) is 9.86. The fourth-order valence-electron chi connectivity index (χ4n) is 5.46. The second-order valence-corrected chi connectivity index (χ2v) is 10.3. The van der Waals surface area contributed by atoms with Crippen LogP contribution in [0.4, 0.5) is 13.2 Å². The molecule has 1 atom stereocenters. The topological polar surface area (TPSA) is 89.5 Å². The minimum Gasteiger partial charge on any atom is -0.546 e. The first-order valence-corrected chi connectivity index (χ1v) is 12.8. The highest BCUT2D eigenvalue weighted by Gasteiger charge is 2.49. The van der Waals surface area contributed by atoms with E-state index in [-0.39, 0.29) is 5.75 Å². The highest BCUT2D eigenvalue weighted by molar-refractivity contribution is 6.31. The Morgan fingerprint density at radius 2 is 1.88 bits per heavy atom. The Labute approximate surface area is 230 Å². The number of hydrogen-bond donors (Lipinski definition) is 0. The number of carbonyl (C=O) groups is 1. The van der Waals surface area contributed by atoms with Gasteiger partial charge in [-0.15, -0.1) is 13.2 Å². The minimum atomic E-state index is -4.86. The number of aliphatic carboxylic acids is 1. The largest absolute Gasteiger partial charge is 0.573 e. The molecule has 0 radical (unpaired) electrons. The van der Waals surface area contributed by atoms with E-state index < -0.39 is 23.9 Å². The van der Waals surface area contributed by atoms with Gasteiger partial charge in [0.15, 0.2) is 11.4 Å². The van der Waals surface area contributed by atoms with E-state index in [0.29, 0.717) is 51.3 Å². The van der Waals surface area contributed by atoms with E-state index in [1.807, 2.05) is 17.6 Å². The van der Waals surface area contributed by atoms with Crippen LogP contribution in [0.15, 0.2) is 65.2 Å². The van der Waals surface area contributed by atoms with Gasteiger partial charge >= 0.3 is 6.36 Å². The average Bonchev–Trinajstić information content (AvgIpc) is 3.50. The highest BCUT2D eigenvalue weighted by Crippen LogP contribution is 2.58. The molecule has 40 heavy (non-hydrogen) atoms. The maximum absolute atomic E-state index is 13.2. The third kappa shape index (κ3) is 4.42. The van der Waals surface area contributed by atoms with E-state index in [1.54, 1.807) is 42.5 Å². The first kappa shape index (κ1) is 26.1. The maximum atomic E-state index is 13.2. The molecule has 0 bridgehead atoms. The summed E-state index contributed by atoms with van der Waals surface area (Å²) < 4.78 is 56.7. The number of alkyl halides is 3. The molecule has 0 amide bonds. The Kier molecular flexibility index (Phi) is 5.99. The number of carboxylic acids is 1. The monoisotopic (exact) mass is 569 g/mol. The lowest BCUT2D eigenvalue weighted by Gasteiger charge is -2.20. The quantitative estimate of drug-likeness (QED) is 0.231. The standard InChI is InChI=1S/C29H22ClF3N2O5/c1-15-25(28(10-11-28)17-4-3-5-19(12-17)38-16(2)27(36)37)22-14-20(39-29(31,32)33)7-9-23(22)35(15)26-21-8-6-18(30)13-24(21)40-34-26/h3-9,12-14,16H,10-11H2,1-2H3,(H,36,37)/p-1/t16-/m0/s1. The molecule has 7 nitrogen and oxygen atoms in total. The summed E-state index contributed by atoms with van der Waals surface area (Å²) in [4.78, 5) is 11.2. The number of rotatable bonds is 7. The van der Waals surface area contributed by atoms with Crippen molar-refractivity contribution < 1.29 is 37.1 Å². The number of fused-ring (bicyclic) bond motifs is 2. The predicted molar refractivity (Wildman–Crippen MR) is 139 cm³/mol. The van der Waals surface area contributed by atoms with Crippen molar-refractivity contribution in [2.45, 2.75) is 44.6 Å². The van der Waals surface area contributed by atoms with Crippen molar-refractivity contribution in [1.29, 1.82) is 0 Å². The summed E-state index contributed by atoms with van der Waals surface area (Å²) >= 11 is 6.13. The molecular weight excluding hydrogens is 549 g/mol. The summed E-state index contributed by atoms with van der Waals surface area (Å²) in [6.45, 7) is 3.26. The average molecular weight is 570 g/mol. The molecule has 1 aliphatic rings. The van der Waals surface area contributed by atoms with Gasteiger partial charge in [-0.1, -0.05) is 28.9 Å². The van der Waals surface area contributed by atoms with Crippen LogP contribution >= 0.6 is 11.6 Å². The Morgan fingerprint density at radius 1 is 1.10 bits per heavy atom. The lowest BCUT2D eigenvalue weighted by Crippen LogP contribution is -2.37. The van der Waals surface area contributed by atoms with Crippen LogP contribution in [0.25, 0.3) is 27.7 Å². The normalized spacial score (nSPS) is 15.3. The Bertz CT molecular complexity index is 1790. The molecule has 2 aromatic heterocycles. The van der Waals surface area contributed by atoms with E-state index in [1.165, 1.54) is 19.1 Å². The van der Waals surface area contributed by atoms with Crippen molar-refractivity contribution in [3.63, 3.8) is 0 Å². The molecule has 6 rings (SSSR count). The number of carbonyl (C=O) groups excluding carboxylic acids is 1. The first-order chi connectivity index (χ1) is 19.0. The fraction of sp³-hybridized carbons (Fsp3) is 0.241. The van der Waals surface area contributed by atoms with Crippen LogP contribution in [0.3, 0.4) is 0 Å². The molecule has 11 heteroatoms. The number of ether oxygens (including phenoxy) is 2. The zero-order valence-corrected chi connectivity index (χ0v) is 22.0. The molecule has 0 spiro atoms. The SMILES string of the molecule is Cc1c(C2(c3cccc(O[C@@H](C)C(=O)[O-])c3)CC2)c2cc(OC(F)(F)F)ccc2n1-c1noc2cc(Cl)ccc12. The van der Waals surface area contributed by atoms with Crippen molar-refractivity contribution in [2.24, 2.45) is 0 Å². The molecule has 1 saturated carbocycles. The maximum Gasteiger partial charge on any atom is 0.573 e. The van der Waals surface area contributed by atoms with Gasteiger partial charge in [-0.2, -0.15) is 0 Å². The molecule has 5 aromatic rings. The van der Waals surface area contributed by atoms with Crippen LogP contribution in [0.5, 0.6) is 11.5 Å². The Hall–Kier alpha value is -4.18. The van der Waals surface area contributed by atoms with Crippen LogP contribution in [0, 0.1) is 6.92 Å². The second kappa shape index (κ2) is 9.19. The van der Waals surface area contributed by atoms with Crippen LogP contribution in [0.1, 0.15) is 36.6 Å². The molecule has 1 aliphatic carbocycles. The Balaban J connectivity index is 1.56. The van der Waals surface area contributed by atoms with Crippen LogP contribution in [0.2, 0.25) is 5.02 Å². The molecule has 2 heterocycles. The molecule has 0 N–H and O–H groups in total. The highest BCUT2D eigenvalue weighted by atomic mass is 35.5. The van der Waals surface area contributed by atoms with Gasteiger partial charge in [-0.05, 0) is 80.3 Å². The minimum absolute atomic E-state index is 0.342. The van der Waals surface area contributed by atoms with Gasteiger partial charge in [0.25, 0.3) is 0 Å². The Morgan fingerprint density at radius 3 is 2.58 bits per heavy atom. The number of carboxylic acid groups (broad SMARTS) is 1. The van der Waals surface area contributed by atoms with E-state index in [0.717, 1.165) is 16.8 Å². The predicted octanol–water partition coefficient (Wildman–Crippen LogP) is 6.23. The van der Waals surface area contributed by atoms with Gasteiger partial charge in [0.1, 0.15) is 17.6 Å². The number of halogens is 4. The van der Waals surface area contributed by atoms with Crippen molar-refractivity contribution in [3.05, 3.63) is 82.5 Å². The van der Waals surface area contributed by atoms with Crippen molar-refractivity contribution in [2.75, 3.05) is 0 Å². The lowest BCUT2D eigenvalue weighted by molar-refractivity contribution is -0.312. The summed E-state index contributed by atoms with van der Waals surface area (Å²) in [7, 11) is 0. The van der Waals surface area contributed by atoms with E-state index in [4.69, 9.17) is 20.9 Å².